The highest BCUT2D eigenvalue weighted by Crippen LogP contribution is 2.34. The van der Waals surface area contributed by atoms with Crippen molar-refractivity contribution in [1.29, 1.82) is 0 Å². The maximum atomic E-state index is 13.9. The molecule has 37 heavy (non-hydrogen) atoms. The van der Waals surface area contributed by atoms with Gasteiger partial charge in [0.2, 0.25) is 5.91 Å². The molecule has 0 radical (unpaired) electrons. The lowest BCUT2D eigenvalue weighted by Gasteiger charge is -2.37. The van der Waals surface area contributed by atoms with Gasteiger partial charge in [0.15, 0.2) is 0 Å². The van der Waals surface area contributed by atoms with Crippen molar-refractivity contribution in [2.24, 2.45) is 5.92 Å². The van der Waals surface area contributed by atoms with Crippen molar-refractivity contribution in [1.82, 2.24) is 9.80 Å². The summed E-state index contributed by atoms with van der Waals surface area (Å²) in [7, 11) is 0. The molecule has 4 rings (SSSR count). The van der Waals surface area contributed by atoms with Crippen molar-refractivity contribution in [3.05, 3.63) is 86.9 Å². The number of nitrogens with zero attached hydrogens (tertiary/aromatic N) is 2. The fraction of sp³-hybridized carbons (Fsp3) is 0.400. The first-order valence-electron chi connectivity index (χ1n) is 12.9. The molecular weight excluding hydrogens is 487 g/mol. The molecule has 1 aliphatic heterocycles. The predicted molar refractivity (Wildman–Crippen MR) is 146 cm³/mol. The van der Waals surface area contributed by atoms with Crippen LogP contribution in [0.25, 0.3) is 0 Å². The zero-order chi connectivity index (χ0) is 26.5. The van der Waals surface area contributed by atoms with E-state index in [2.05, 4.69) is 31.4 Å². The van der Waals surface area contributed by atoms with Crippen LogP contribution in [0.5, 0.6) is 5.75 Å². The number of fused-ring (bicyclic) bond motifs is 1. The van der Waals surface area contributed by atoms with Crippen molar-refractivity contribution in [2.75, 3.05) is 26.2 Å². The van der Waals surface area contributed by atoms with Crippen LogP contribution in [0.15, 0.2) is 53.9 Å². The number of amides is 2. The Balaban J connectivity index is 1.55. The first-order chi connectivity index (χ1) is 17.8. The largest absolute Gasteiger partial charge is 0.491 e. The molecule has 0 saturated heterocycles. The van der Waals surface area contributed by atoms with Gasteiger partial charge in [0.25, 0.3) is 5.91 Å². The zero-order valence-corrected chi connectivity index (χ0v) is 22.8. The summed E-state index contributed by atoms with van der Waals surface area (Å²) in [4.78, 5) is 31.8. The maximum absolute atomic E-state index is 13.9. The van der Waals surface area contributed by atoms with E-state index >= 15 is 0 Å². The highest BCUT2D eigenvalue weighted by Gasteiger charge is 2.34. The standard InChI is InChI=1S/C30H35FN2O3S/c1-5-20(2)17-32(30(35)23-7-6-8-24(31)16-23)18-29(34)33-13-11-28-25(12-14-37-28)26(33)19-36-27-10-9-21(3)15-22(27)4/h6-10,12,14-16,20,26H,5,11,13,17-19H2,1-4H3/t20-,26+/m1/s1. The molecule has 0 saturated carbocycles. The average molecular weight is 523 g/mol. The summed E-state index contributed by atoms with van der Waals surface area (Å²) in [6.45, 7) is 9.45. The summed E-state index contributed by atoms with van der Waals surface area (Å²) in [6.07, 6.45) is 1.65. The van der Waals surface area contributed by atoms with E-state index in [4.69, 9.17) is 4.74 Å². The first kappa shape index (κ1) is 26.9. The van der Waals surface area contributed by atoms with E-state index < -0.39 is 5.82 Å². The van der Waals surface area contributed by atoms with Crippen LogP contribution in [-0.2, 0) is 11.2 Å². The Morgan fingerprint density at radius 3 is 2.73 bits per heavy atom. The smallest absolute Gasteiger partial charge is 0.254 e. The molecule has 5 nitrogen and oxygen atoms in total. The van der Waals surface area contributed by atoms with Gasteiger partial charge in [0.1, 0.15) is 24.7 Å². The minimum Gasteiger partial charge on any atom is -0.491 e. The highest BCUT2D eigenvalue weighted by molar-refractivity contribution is 7.10. The van der Waals surface area contributed by atoms with Crippen LogP contribution >= 0.6 is 11.3 Å². The maximum Gasteiger partial charge on any atom is 0.254 e. The number of carbonyl (C=O) groups is 2. The number of benzene rings is 2. The fourth-order valence-corrected chi connectivity index (χ4v) is 5.72. The van der Waals surface area contributed by atoms with Crippen LogP contribution in [0.1, 0.15) is 58.2 Å². The summed E-state index contributed by atoms with van der Waals surface area (Å²) >= 11 is 1.70. The van der Waals surface area contributed by atoms with E-state index in [-0.39, 0.29) is 35.9 Å². The second kappa shape index (κ2) is 11.9. The van der Waals surface area contributed by atoms with Crippen LogP contribution < -0.4 is 4.74 Å². The number of hydrogen-bond acceptors (Lipinski definition) is 4. The van der Waals surface area contributed by atoms with E-state index in [0.717, 1.165) is 29.7 Å². The molecule has 2 atom stereocenters. The Bertz CT molecular complexity index is 1260. The minimum absolute atomic E-state index is 0.0563. The van der Waals surface area contributed by atoms with Crippen LogP contribution in [0.2, 0.25) is 0 Å². The van der Waals surface area contributed by atoms with Gasteiger partial charge in [-0.1, -0.05) is 44.0 Å². The van der Waals surface area contributed by atoms with E-state index in [1.807, 2.05) is 30.9 Å². The summed E-state index contributed by atoms with van der Waals surface area (Å²) in [5.41, 5.74) is 3.59. The van der Waals surface area contributed by atoms with Crippen molar-refractivity contribution >= 4 is 23.2 Å². The Labute approximate surface area is 222 Å². The Morgan fingerprint density at radius 2 is 2.00 bits per heavy atom. The van der Waals surface area contributed by atoms with Crippen LogP contribution in [0.3, 0.4) is 0 Å². The second-order valence-corrected chi connectivity index (χ2v) is 10.9. The molecule has 1 aliphatic rings. The van der Waals surface area contributed by atoms with Crippen LogP contribution in [0, 0.1) is 25.6 Å². The molecule has 0 bridgehead atoms. The molecule has 2 aromatic carbocycles. The van der Waals surface area contributed by atoms with Gasteiger partial charge in [-0.3, -0.25) is 9.59 Å². The van der Waals surface area contributed by atoms with Gasteiger partial charge >= 0.3 is 0 Å². The third kappa shape index (κ3) is 6.39. The molecule has 0 spiro atoms. The van der Waals surface area contributed by atoms with E-state index in [1.54, 1.807) is 22.3 Å². The molecule has 7 heteroatoms. The van der Waals surface area contributed by atoms with Gasteiger partial charge in [0, 0.05) is 23.5 Å². The minimum atomic E-state index is -0.467. The summed E-state index contributed by atoms with van der Waals surface area (Å²) in [5.74, 6) is 0.0905. The molecule has 1 aromatic heterocycles. The number of aryl methyl sites for hydroxylation is 2. The molecule has 2 amide bonds. The SMILES string of the molecule is CC[C@@H](C)CN(CC(=O)N1CCc2sccc2[C@@H]1COc1ccc(C)cc1C)C(=O)c1cccc(F)c1. The first-order valence-corrected chi connectivity index (χ1v) is 13.7. The van der Waals surface area contributed by atoms with Gasteiger partial charge in [-0.05, 0) is 73.0 Å². The lowest BCUT2D eigenvalue weighted by molar-refractivity contribution is -0.135. The zero-order valence-electron chi connectivity index (χ0n) is 22.0. The second-order valence-electron chi connectivity index (χ2n) is 9.94. The Hall–Kier alpha value is -3.19. The number of hydrogen-bond donors (Lipinski definition) is 0. The van der Waals surface area contributed by atoms with Crippen LogP contribution in [0.4, 0.5) is 4.39 Å². The van der Waals surface area contributed by atoms with Gasteiger partial charge in [0.05, 0.1) is 6.04 Å². The molecular formula is C30H35FN2O3S. The number of thiophene rings is 1. The predicted octanol–water partition coefficient (Wildman–Crippen LogP) is 6.20. The summed E-state index contributed by atoms with van der Waals surface area (Å²) in [5, 5.41) is 2.06. The summed E-state index contributed by atoms with van der Waals surface area (Å²) < 4.78 is 20.1. The topological polar surface area (TPSA) is 49.9 Å². The third-order valence-corrected chi connectivity index (χ3v) is 8.05. The quantitative estimate of drug-likeness (QED) is 0.336. The van der Waals surface area contributed by atoms with E-state index in [0.29, 0.717) is 19.7 Å². The molecule has 196 valence electrons. The van der Waals surface area contributed by atoms with Crippen molar-refractivity contribution in [3.63, 3.8) is 0 Å². The average Bonchev–Trinajstić information content (AvgIpc) is 3.36. The lowest BCUT2D eigenvalue weighted by Crippen LogP contribution is -2.48. The molecule has 0 fully saturated rings. The third-order valence-electron chi connectivity index (χ3n) is 7.06. The summed E-state index contributed by atoms with van der Waals surface area (Å²) in [6, 6.07) is 13.6. The van der Waals surface area contributed by atoms with Crippen molar-refractivity contribution < 1.29 is 18.7 Å². The number of rotatable bonds is 9. The van der Waals surface area contributed by atoms with Gasteiger partial charge in [-0.2, -0.15) is 0 Å². The molecule has 0 aliphatic carbocycles. The molecule has 0 unspecified atom stereocenters. The molecule has 3 aromatic rings. The molecule has 0 N–H and O–H groups in total. The number of halogens is 1. The van der Waals surface area contributed by atoms with Gasteiger partial charge in [-0.25, -0.2) is 4.39 Å². The number of carbonyl (C=O) groups excluding carboxylic acids is 2. The lowest BCUT2D eigenvalue weighted by atomic mass is 10.00. The van der Waals surface area contributed by atoms with Gasteiger partial charge < -0.3 is 14.5 Å². The van der Waals surface area contributed by atoms with Gasteiger partial charge in [-0.15, -0.1) is 11.3 Å². The van der Waals surface area contributed by atoms with E-state index in [1.165, 1.54) is 28.6 Å². The Kier molecular flexibility index (Phi) is 8.64. The van der Waals surface area contributed by atoms with E-state index in [9.17, 15) is 14.0 Å². The van der Waals surface area contributed by atoms with Crippen LogP contribution in [-0.4, -0.2) is 47.9 Å². The van der Waals surface area contributed by atoms with Crippen molar-refractivity contribution in [3.8, 4) is 5.75 Å². The Morgan fingerprint density at radius 1 is 1.19 bits per heavy atom. The van der Waals surface area contributed by atoms with Crippen molar-refractivity contribution in [2.45, 2.75) is 46.6 Å². The molecule has 2 heterocycles. The number of ether oxygens (including phenoxy) is 1. The fourth-order valence-electron chi connectivity index (χ4n) is 4.79. The normalized spacial score (nSPS) is 15.7. The highest BCUT2D eigenvalue weighted by atomic mass is 32.1. The monoisotopic (exact) mass is 522 g/mol.